The van der Waals surface area contributed by atoms with Crippen LogP contribution >= 0.6 is 11.8 Å². The zero-order chi connectivity index (χ0) is 16.9. The van der Waals surface area contributed by atoms with E-state index in [1.165, 1.54) is 12.4 Å². The molecule has 0 aliphatic rings. The smallest absolute Gasteiger partial charge is 0.257 e. The van der Waals surface area contributed by atoms with Crippen LogP contribution in [-0.2, 0) is 11.3 Å². The van der Waals surface area contributed by atoms with Crippen molar-refractivity contribution in [1.82, 2.24) is 5.32 Å². The van der Waals surface area contributed by atoms with Gasteiger partial charge in [-0.1, -0.05) is 0 Å². The molecule has 6 nitrogen and oxygen atoms in total. The van der Waals surface area contributed by atoms with Gasteiger partial charge in [-0.15, -0.1) is 11.8 Å². The molecule has 0 radical (unpaired) electrons. The fraction of sp³-hybridized carbons (Fsp3) is 0.375. The first kappa shape index (κ1) is 17.4. The van der Waals surface area contributed by atoms with Gasteiger partial charge in [-0.25, -0.2) is 0 Å². The molecule has 2 heterocycles. The molecule has 0 atom stereocenters. The Kier molecular flexibility index (Phi) is 5.68. The number of nitrogens with two attached hydrogens (primary N) is 1. The van der Waals surface area contributed by atoms with Crippen LogP contribution in [0.15, 0.2) is 41.1 Å². The molecule has 0 spiro atoms. The maximum atomic E-state index is 11.9. The predicted molar refractivity (Wildman–Crippen MR) is 89.8 cm³/mol. The van der Waals surface area contributed by atoms with Gasteiger partial charge in [0.2, 0.25) is 0 Å². The van der Waals surface area contributed by atoms with Crippen LogP contribution in [0.25, 0.3) is 0 Å². The number of rotatable bonds is 7. The molecule has 0 unspecified atom stereocenters. The molecular formula is C16H21N3O3S. The Morgan fingerprint density at radius 2 is 2.22 bits per heavy atom. The van der Waals surface area contributed by atoms with Crippen LogP contribution in [0.4, 0.5) is 0 Å². The second kappa shape index (κ2) is 7.52. The van der Waals surface area contributed by atoms with Gasteiger partial charge in [-0.05, 0) is 32.0 Å². The van der Waals surface area contributed by atoms with Crippen LogP contribution in [-0.4, -0.2) is 18.2 Å². The van der Waals surface area contributed by atoms with Crippen LogP contribution in [0, 0.1) is 5.21 Å². The number of amides is 1. The summed E-state index contributed by atoms with van der Waals surface area (Å²) in [6.45, 7) is 5.02. The molecule has 0 aliphatic carbocycles. The molecule has 2 aromatic rings. The van der Waals surface area contributed by atoms with E-state index in [0.717, 1.165) is 17.3 Å². The number of nitrogens with one attached hydrogen (secondary N) is 1. The topological polar surface area (TPSA) is 95.2 Å². The number of pyridine rings is 1. The minimum atomic E-state index is -0.253. The van der Waals surface area contributed by atoms with Gasteiger partial charge in [0.15, 0.2) is 12.4 Å². The first-order chi connectivity index (χ1) is 10.9. The Hall–Kier alpha value is -1.99. The Bertz CT molecular complexity index is 670. The summed E-state index contributed by atoms with van der Waals surface area (Å²) in [5, 5.41) is 14.0. The molecule has 7 heteroatoms. The standard InChI is InChI=1S/C16H21N3O3S/c1-16(2,14-6-5-13(10-17)22-14)23-9-7-18-15(20)12-4-3-8-19(21)11-12/h3-6,8,11H,7,9-10,17H2,1-2H3,(H,18,20). The normalized spacial score (nSPS) is 11.4. The number of hydrogen-bond acceptors (Lipinski definition) is 5. The van der Waals surface area contributed by atoms with Crippen LogP contribution in [0.3, 0.4) is 0 Å². The minimum absolute atomic E-state index is 0.205. The highest BCUT2D eigenvalue weighted by molar-refractivity contribution is 8.00. The second-order valence-electron chi connectivity index (χ2n) is 5.54. The summed E-state index contributed by atoms with van der Waals surface area (Å²) in [5.74, 6) is 2.10. The van der Waals surface area contributed by atoms with Gasteiger partial charge in [0.05, 0.1) is 11.3 Å². The van der Waals surface area contributed by atoms with E-state index in [1.54, 1.807) is 23.9 Å². The van der Waals surface area contributed by atoms with E-state index in [1.807, 2.05) is 12.1 Å². The van der Waals surface area contributed by atoms with E-state index in [9.17, 15) is 10.0 Å². The largest absolute Gasteiger partial charge is 0.619 e. The van der Waals surface area contributed by atoms with Gasteiger partial charge in [-0.3, -0.25) is 4.79 Å². The quantitative estimate of drug-likeness (QED) is 0.457. The highest BCUT2D eigenvalue weighted by Gasteiger charge is 2.24. The minimum Gasteiger partial charge on any atom is -0.619 e. The summed E-state index contributed by atoms with van der Waals surface area (Å²) in [6.07, 6.45) is 2.59. The summed E-state index contributed by atoms with van der Waals surface area (Å²) >= 11 is 1.68. The number of furan rings is 1. The maximum Gasteiger partial charge on any atom is 0.257 e. The average Bonchev–Trinajstić information content (AvgIpc) is 3.01. The summed E-state index contributed by atoms with van der Waals surface area (Å²) in [7, 11) is 0. The Morgan fingerprint density at radius 3 is 2.87 bits per heavy atom. The maximum absolute atomic E-state index is 11.9. The van der Waals surface area contributed by atoms with Crippen molar-refractivity contribution in [2.24, 2.45) is 5.73 Å². The molecule has 2 aromatic heterocycles. The number of hydrogen-bond donors (Lipinski definition) is 2. The second-order valence-corrected chi connectivity index (χ2v) is 7.25. The zero-order valence-corrected chi connectivity index (χ0v) is 14.1. The first-order valence-electron chi connectivity index (χ1n) is 7.32. The lowest BCUT2D eigenvalue weighted by Gasteiger charge is -2.21. The van der Waals surface area contributed by atoms with Crippen LogP contribution in [0.2, 0.25) is 0 Å². The van der Waals surface area contributed by atoms with Crippen molar-refractivity contribution in [3.05, 3.63) is 59.0 Å². The molecular weight excluding hydrogens is 314 g/mol. The molecule has 0 aromatic carbocycles. The lowest BCUT2D eigenvalue weighted by molar-refractivity contribution is -0.605. The fourth-order valence-corrected chi connectivity index (χ4v) is 3.01. The molecule has 1 amide bonds. The third-order valence-corrected chi connectivity index (χ3v) is 4.68. The fourth-order valence-electron chi connectivity index (χ4n) is 2.04. The van der Waals surface area contributed by atoms with Crippen molar-refractivity contribution in [3.8, 4) is 0 Å². The van der Waals surface area contributed by atoms with Gasteiger partial charge in [0, 0.05) is 18.4 Å². The molecule has 2 rings (SSSR count). The Labute approximate surface area is 139 Å². The van der Waals surface area contributed by atoms with Crippen LogP contribution in [0.5, 0.6) is 0 Å². The van der Waals surface area contributed by atoms with Gasteiger partial charge in [-0.2, -0.15) is 4.73 Å². The number of carbonyl (C=O) groups excluding carboxylic acids is 1. The monoisotopic (exact) mass is 335 g/mol. The zero-order valence-electron chi connectivity index (χ0n) is 13.2. The molecule has 3 N–H and O–H groups in total. The van der Waals surface area contributed by atoms with Gasteiger partial charge >= 0.3 is 0 Å². The molecule has 0 fully saturated rings. The first-order valence-corrected chi connectivity index (χ1v) is 8.31. The van der Waals surface area contributed by atoms with Crippen LogP contribution < -0.4 is 15.8 Å². The highest BCUT2D eigenvalue weighted by atomic mass is 32.2. The lowest BCUT2D eigenvalue weighted by atomic mass is 10.1. The lowest BCUT2D eigenvalue weighted by Crippen LogP contribution is -2.31. The third-order valence-electron chi connectivity index (χ3n) is 3.34. The molecule has 0 aliphatic heterocycles. The van der Waals surface area contributed by atoms with Crippen molar-refractivity contribution in [1.29, 1.82) is 0 Å². The molecule has 0 saturated carbocycles. The predicted octanol–water partition coefficient (Wildman–Crippen LogP) is 1.77. The summed E-state index contributed by atoms with van der Waals surface area (Å²) in [5.41, 5.74) is 5.91. The number of carbonyl (C=O) groups is 1. The molecule has 124 valence electrons. The van der Waals surface area contributed by atoms with Crippen molar-refractivity contribution in [2.75, 3.05) is 12.3 Å². The molecule has 0 bridgehead atoms. The Morgan fingerprint density at radius 1 is 1.43 bits per heavy atom. The molecule has 0 saturated heterocycles. The number of aromatic nitrogens is 1. The van der Waals surface area contributed by atoms with Crippen molar-refractivity contribution in [3.63, 3.8) is 0 Å². The summed E-state index contributed by atoms with van der Waals surface area (Å²) < 4.78 is 6.09. The molecule has 23 heavy (non-hydrogen) atoms. The third kappa shape index (κ3) is 4.74. The van der Waals surface area contributed by atoms with Crippen LogP contribution in [0.1, 0.15) is 35.7 Å². The number of nitrogens with zero attached hydrogens (tertiary/aromatic N) is 1. The van der Waals surface area contributed by atoms with E-state index in [-0.39, 0.29) is 10.7 Å². The van der Waals surface area contributed by atoms with Gasteiger partial charge in [0.1, 0.15) is 17.1 Å². The van der Waals surface area contributed by atoms with Crippen molar-refractivity contribution < 1.29 is 13.9 Å². The summed E-state index contributed by atoms with van der Waals surface area (Å²) in [4.78, 5) is 11.9. The van der Waals surface area contributed by atoms with Gasteiger partial charge < -0.3 is 20.7 Å². The Balaban J connectivity index is 1.81. The summed E-state index contributed by atoms with van der Waals surface area (Å²) in [6, 6.07) is 6.97. The van der Waals surface area contributed by atoms with Crippen molar-refractivity contribution >= 4 is 17.7 Å². The number of thioether (sulfide) groups is 1. The SMILES string of the molecule is CC(C)(SCCNC(=O)c1ccc[n+]([O-])c1)c1ccc(CN)o1. The van der Waals surface area contributed by atoms with E-state index >= 15 is 0 Å². The average molecular weight is 335 g/mol. The van der Waals surface area contributed by atoms with E-state index in [0.29, 0.717) is 23.4 Å². The van der Waals surface area contributed by atoms with Gasteiger partial charge in [0.25, 0.3) is 5.91 Å². The highest BCUT2D eigenvalue weighted by Crippen LogP contribution is 2.36. The van der Waals surface area contributed by atoms with Crippen molar-refractivity contribution in [2.45, 2.75) is 25.1 Å². The van der Waals surface area contributed by atoms with E-state index in [4.69, 9.17) is 10.2 Å². The van der Waals surface area contributed by atoms with E-state index < -0.39 is 0 Å². The van der Waals surface area contributed by atoms with E-state index in [2.05, 4.69) is 19.2 Å².